The number of anilines is 1. The molecule has 6 heteroatoms. The highest BCUT2D eigenvalue weighted by Crippen LogP contribution is 2.39. The van der Waals surface area contributed by atoms with E-state index in [1.165, 1.54) is 12.3 Å². The molecule has 2 fully saturated rings. The number of fused-ring (bicyclic) bond motifs is 1. The predicted octanol–water partition coefficient (Wildman–Crippen LogP) is 1.90. The monoisotopic (exact) mass is 257 g/mol. The van der Waals surface area contributed by atoms with Crippen LogP contribution >= 0.6 is 0 Å². The summed E-state index contributed by atoms with van der Waals surface area (Å²) >= 11 is 0. The van der Waals surface area contributed by atoms with Gasteiger partial charge in [-0.3, -0.25) is 0 Å². The minimum Gasteiger partial charge on any atom is -0.352 e. The van der Waals surface area contributed by atoms with Crippen molar-refractivity contribution >= 4 is 5.82 Å². The third-order valence-electron chi connectivity index (χ3n) is 3.81. The molecule has 2 aliphatic heterocycles. The second kappa shape index (κ2) is 4.12. The number of nitrogens with one attached hydrogen (secondary N) is 1. The summed E-state index contributed by atoms with van der Waals surface area (Å²) in [5.41, 5.74) is -0.627. The average Bonchev–Trinajstić information content (AvgIpc) is 2.89. The van der Waals surface area contributed by atoms with Gasteiger partial charge in [-0.15, -0.1) is 0 Å². The Balaban J connectivity index is 1.97. The molecule has 98 valence electrons. The fraction of sp³-hybridized carbons (Fsp3) is 0.583. The van der Waals surface area contributed by atoms with E-state index in [1.807, 2.05) is 4.90 Å². The quantitative estimate of drug-likeness (QED) is 0.833. The molecule has 0 radical (unpaired) electrons. The molecule has 2 saturated heterocycles. The minimum atomic E-state index is -4.34. The normalized spacial score (nSPS) is 27.6. The third-order valence-corrected chi connectivity index (χ3v) is 3.81. The van der Waals surface area contributed by atoms with E-state index in [9.17, 15) is 13.2 Å². The van der Waals surface area contributed by atoms with Gasteiger partial charge in [0.1, 0.15) is 5.82 Å². The smallest absolute Gasteiger partial charge is 0.352 e. The van der Waals surface area contributed by atoms with E-state index < -0.39 is 11.7 Å². The molecule has 0 saturated carbocycles. The minimum absolute atomic E-state index is 0.0844. The van der Waals surface area contributed by atoms with Gasteiger partial charge in [0.05, 0.1) is 5.56 Å². The molecule has 0 aliphatic carbocycles. The van der Waals surface area contributed by atoms with Gasteiger partial charge in [0.15, 0.2) is 0 Å². The summed E-state index contributed by atoms with van der Waals surface area (Å²) in [4.78, 5) is 5.78. The van der Waals surface area contributed by atoms with Gasteiger partial charge in [-0.05, 0) is 24.5 Å². The highest BCUT2D eigenvalue weighted by atomic mass is 19.4. The lowest BCUT2D eigenvalue weighted by molar-refractivity contribution is -0.137. The Bertz CT molecular complexity index is 446. The molecule has 0 bridgehead atoms. The number of aromatic nitrogens is 1. The number of hydrogen-bond acceptors (Lipinski definition) is 3. The Morgan fingerprint density at radius 2 is 2.17 bits per heavy atom. The van der Waals surface area contributed by atoms with E-state index in [0.717, 1.165) is 25.6 Å². The van der Waals surface area contributed by atoms with Gasteiger partial charge < -0.3 is 10.2 Å². The Morgan fingerprint density at radius 1 is 1.33 bits per heavy atom. The van der Waals surface area contributed by atoms with E-state index in [-0.39, 0.29) is 11.9 Å². The Labute approximate surface area is 103 Å². The van der Waals surface area contributed by atoms with E-state index in [4.69, 9.17) is 0 Å². The van der Waals surface area contributed by atoms with Crippen molar-refractivity contribution in [3.05, 3.63) is 23.9 Å². The fourth-order valence-corrected chi connectivity index (χ4v) is 2.96. The zero-order valence-corrected chi connectivity index (χ0v) is 9.74. The maximum Gasteiger partial charge on any atom is 0.419 e. The van der Waals surface area contributed by atoms with E-state index in [1.54, 1.807) is 0 Å². The number of halogens is 3. The largest absolute Gasteiger partial charge is 0.419 e. The van der Waals surface area contributed by atoms with Crippen LogP contribution in [0.4, 0.5) is 19.0 Å². The third kappa shape index (κ3) is 1.84. The van der Waals surface area contributed by atoms with Crippen molar-refractivity contribution < 1.29 is 13.2 Å². The standard InChI is InChI=1S/C12H14F3N3/c13-12(14,15)9-2-1-4-17-11(9)18-5-3-8-6-16-7-10(8)18/h1-2,4,8,10,16H,3,5-7H2/t8-,10+/m0/s1. The van der Waals surface area contributed by atoms with Gasteiger partial charge in [-0.2, -0.15) is 13.2 Å². The van der Waals surface area contributed by atoms with Crippen LogP contribution in [0.25, 0.3) is 0 Å². The van der Waals surface area contributed by atoms with Crippen molar-refractivity contribution in [1.29, 1.82) is 0 Å². The summed E-state index contributed by atoms with van der Waals surface area (Å²) in [7, 11) is 0. The van der Waals surface area contributed by atoms with E-state index in [0.29, 0.717) is 12.5 Å². The molecule has 1 N–H and O–H groups in total. The molecule has 0 amide bonds. The average molecular weight is 257 g/mol. The molecule has 3 rings (SSSR count). The Hall–Kier alpha value is -1.30. The second-order valence-electron chi connectivity index (χ2n) is 4.84. The van der Waals surface area contributed by atoms with Crippen LogP contribution in [0.1, 0.15) is 12.0 Å². The first-order valence-corrected chi connectivity index (χ1v) is 6.07. The molecular weight excluding hydrogens is 243 g/mol. The van der Waals surface area contributed by atoms with Crippen molar-refractivity contribution in [2.75, 3.05) is 24.5 Å². The molecule has 0 unspecified atom stereocenters. The SMILES string of the molecule is FC(F)(F)c1cccnc1N1CC[C@H]2CNC[C@H]21. The maximum absolute atomic E-state index is 13.0. The van der Waals surface area contributed by atoms with Crippen LogP contribution in [-0.4, -0.2) is 30.7 Å². The summed E-state index contributed by atoms with van der Waals surface area (Å²) in [6.07, 6.45) is -1.97. The highest BCUT2D eigenvalue weighted by Gasteiger charge is 2.42. The molecule has 3 nitrogen and oxygen atoms in total. The van der Waals surface area contributed by atoms with Gasteiger partial charge in [0.2, 0.25) is 0 Å². The molecule has 18 heavy (non-hydrogen) atoms. The lowest BCUT2D eigenvalue weighted by Gasteiger charge is -2.27. The van der Waals surface area contributed by atoms with Crippen molar-refractivity contribution in [1.82, 2.24) is 10.3 Å². The second-order valence-corrected chi connectivity index (χ2v) is 4.84. The van der Waals surface area contributed by atoms with Crippen molar-refractivity contribution in [2.45, 2.75) is 18.6 Å². The number of pyridine rings is 1. The van der Waals surface area contributed by atoms with Crippen molar-refractivity contribution in [3.8, 4) is 0 Å². The molecule has 0 aromatic carbocycles. The topological polar surface area (TPSA) is 28.2 Å². The zero-order valence-electron chi connectivity index (χ0n) is 9.74. The summed E-state index contributed by atoms with van der Waals surface area (Å²) in [5.74, 6) is 0.536. The van der Waals surface area contributed by atoms with Crippen molar-refractivity contribution in [2.24, 2.45) is 5.92 Å². The Kier molecular flexibility index (Phi) is 2.69. The van der Waals surface area contributed by atoms with Gasteiger partial charge >= 0.3 is 6.18 Å². The number of hydrogen-bond donors (Lipinski definition) is 1. The van der Waals surface area contributed by atoms with Crippen molar-refractivity contribution in [3.63, 3.8) is 0 Å². The fourth-order valence-electron chi connectivity index (χ4n) is 2.96. The molecule has 1 aromatic heterocycles. The van der Waals surface area contributed by atoms with Gasteiger partial charge in [0, 0.05) is 31.9 Å². The summed E-state index contributed by atoms with van der Waals surface area (Å²) < 4.78 is 38.9. The molecule has 2 aliphatic rings. The first-order chi connectivity index (χ1) is 8.57. The zero-order chi connectivity index (χ0) is 12.8. The highest BCUT2D eigenvalue weighted by molar-refractivity contribution is 5.51. The first kappa shape index (κ1) is 11.8. The summed E-state index contributed by atoms with van der Waals surface area (Å²) in [5, 5.41) is 3.23. The maximum atomic E-state index is 13.0. The predicted molar refractivity (Wildman–Crippen MR) is 61.3 cm³/mol. The van der Waals surface area contributed by atoms with Crippen LogP contribution in [-0.2, 0) is 6.18 Å². The lowest BCUT2D eigenvalue weighted by Crippen LogP contribution is -2.36. The van der Waals surface area contributed by atoms with Crippen LogP contribution < -0.4 is 10.2 Å². The van der Waals surface area contributed by atoms with Crippen LogP contribution in [0.5, 0.6) is 0 Å². The van der Waals surface area contributed by atoms with Crippen LogP contribution in [0.3, 0.4) is 0 Å². The number of rotatable bonds is 1. The van der Waals surface area contributed by atoms with E-state index >= 15 is 0 Å². The molecule has 1 aromatic rings. The summed E-state index contributed by atoms with van der Waals surface area (Å²) in [6, 6.07) is 2.60. The number of alkyl halides is 3. The molecule has 0 spiro atoms. The van der Waals surface area contributed by atoms with Gasteiger partial charge in [-0.25, -0.2) is 4.98 Å². The van der Waals surface area contributed by atoms with Crippen LogP contribution in [0, 0.1) is 5.92 Å². The van der Waals surface area contributed by atoms with Crippen LogP contribution in [0.2, 0.25) is 0 Å². The van der Waals surface area contributed by atoms with E-state index in [2.05, 4.69) is 10.3 Å². The van der Waals surface area contributed by atoms with Gasteiger partial charge in [0.25, 0.3) is 0 Å². The number of nitrogens with zero attached hydrogens (tertiary/aromatic N) is 2. The summed E-state index contributed by atoms with van der Waals surface area (Å²) in [6.45, 7) is 2.31. The molecule has 2 atom stereocenters. The van der Waals surface area contributed by atoms with Gasteiger partial charge in [-0.1, -0.05) is 0 Å². The molecule has 3 heterocycles. The Morgan fingerprint density at radius 3 is 2.94 bits per heavy atom. The lowest BCUT2D eigenvalue weighted by atomic mass is 10.1. The van der Waals surface area contributed by atoms with Crippen LogP contribution in [0.15, 0.2) is 18.3 Å². The molecular formula is C12H14F3N3. The first-order valence-electron chi connectivity index (χ1n) is 6.07.